The largest absolute Gasteiger partial charge is 0.476 e. The number of carboxylic acid groups (broad SMARTS) is 2. The normalized spacial score (nSPS) is 6.40. The Morgan fingerprint density at radius 2 is 1.00 bits per heavy atom. The predicted octanol–water partition coefficient (Wildman–Crippen LogP) is -1.46. The van der Waals surface area contributed by atoms with E-state index in [9.17, 15) is 0 Å². The molecule has 0 aliphatic rings. The molecule has 0 fully saturated rings. The fourth-order valence-corrected chi connectivity index (χ4v) is 0. The van der Waals surface area contributed by atoms with Crippen LogP contribution in [0.25, 0.3) is 0 Å². The maximum atomic E-state index is 9.00. The van der Waals surface area contributed by atoms with E-state index in [1.54, 1.807) is 0 Å². The van der Waals surface area contributed by atoms with Crippen LogP contribution in [0.15, 0.2) is 0 Å². The Bertz CT molecular complexity index is 130. The molecule has 6 heteroatoms. The number of carbonyl (C=O) groups excluding carboxylic acids is 2. The molecular formula is C4H4O6. The van der Waals surface area contributed by atoms with E-state index < -0.39 is 11.9 Å². The number of hydrogen-bond acceptors (Lipinski definition) is 4. The molecule has 10 heavy (non-hydrogen) atoms. The zero-order chi connectivity index (χ0) is 8.57. The lowest BCUT2D eigenvalue weighted by atomic mass is 10.8. The molecule has 0 heterocycles. The summed E-state index contributed by atoms with van der Waals surface area (Å²) in [7, 11) is 0. The van der Waals surface area contributed by atoms with Crippen LogP contribution in [-0.2, 0) is 19.2 Å². The van der Waals surface area contributed by atoms with Crippen molar-refractivity contribution in [2.24, 2.45) is 0 Å². The van der Waals surface area contributed by atoms with Gasteiger partial charge < -0.3 is 10.2 Å². The quantitative estimate of drug-likeness (QED) is 0.282. The van der Waals surface area contributed by atoms with Gasteiger partial charge >= 0.3 is 11.9 Å². The molecule has 6 nitrogen and oxygen atoms in total. The van der Waals surface area contributed by atoms with Crippen molar-refractivity contribution < 1.29 is 29.4 Å². The van der Waals surface area contributed by atoms with Gasteiger partial charge in [-0.3, -0.25) is 9.59 Å². The zero-order valence-electron chi connectivity index (χ0n) is 4.68. The second-order valence-corrected chi connectivity index (χ2v) is 0.912. The molecule has 0 radical (unpaired) electrons. The minimum absolute atomic E-state index is 0.167. The lowest BCUT2D eigenvalue weighted by Crippen LogP contribution is -1.91. The first kappa shape index (κ1) is 11.1. The second-order valence-electron chi connectivity index (χ2n) is 0.912. The number of carbonyl (C=O) groups is 4. The number of aldehydes is 2. The van der Waals surface area contributed by atoms with Gasteiger partial charge in [0.15, 0.2) is 0 Å². The lowest BCUT2D eigenvalue weighted by molar-refractivity contribution is -0.143. The van der Waals surface area contributed by atoms with Crippen LogP contribution in [0.1, 0.15) is 0 Å². The van der Waals surface area contributed by atoms with Gasteiger partial charge in [-0.05, 0) is 0 Å². The summed E-state index contributed by atoms with van der Waals surface area (Å²) in [4.78, 5) is 35.8. The lowest BCUT2D eigenvalue weighted by Gasteiger charge is -1.59. The number of hydrogen-bond donors (Lipinski definition) is 2. The SMILES string of the molecule is O=CC(=O)O.O=C[13C](=O)O. The molecule has 0 unspecified atom stereocenters. The van der Waals surface area contributed by atoms with Gasteiger partial charge in [-0.25, -0.2) is 9.59 Å². The van der Waals surface area contributed by atoms with Crippen molar-refractivity contribution >= 4 is 24.5 Å². The van der Waals surface area contributed by atoms with Crippen LogP contribution in [0.4, 0.5) is 0 Å². The van der Waals surface area contributed by atoms with Crippen LogP contribution in [0.3, 0.4) is 0 Å². The minimum Gasteiger partial charge on any atom is -0.476 e. The molecule has 0 aliphatic carbocycles. The highest BCUT2D eigenvalue weighted by molar-refractivity contribution is 6.19. The zero-order valence-corrected chi connectivity index (χ0v) is 4.68. The average Bonchev–Trinajstić information content (AvgIpc) is 1.89. The Kier molecular flexibility index (Phi) is 8.10. The van der Waals surface area contributed by atoms with Crippen molar-refractivity contribution in [1.82, 2.24) is 0 Å². The van der Waals surface area contributed by atoms with Crippen molar-refractivity contribution in [2.75, 3.05) is 0 Å². The Balaban J connectivity index is 0. The summed E-state index contributed by atoms with van der Waals surface area (Å²) in [6.45, 7) is 0. The van der Waals surface area contributed by atoms with E-state index in [4.69, 9.17) is 29.4 Å². The van der Waals surface area contributed by atoms with Crippen LogP contribution in [0.5, 0.6) is 0 Å². The van der Waals surface area contributed by atoms with Crippen LogP contribution in [-0.4, -0.2) is 34.7 Å². The summed E-state index contributed by atoms with van der Waals surface area (Å²) >= 11 is 0. The van der Waals surface area contributed by atoms with Gasteiger partial charge in [-0.15, -0.1) is 0 Å². The molecule has 0 saturated heterocycles. The van der Waals surface area contributed by atoms with Crippen molar-refractivity contribution in [3.8, 4) is 0 Å². The molecule has 56 valence electrons. The van der Waals surface area contributed by atoms with Crippen LogP contribution in [0.2, 0.25) is 0 Å². The molecule has 0 aromatic carbocycles. The number of aliphatic carboxylic acids is 2. The summed E-state index contributed by atoms with van der Waals surface area (Å²) in [5.74, 6) is -2.85. The topological polar surface area (TPSA) is 109 Å². The number of rotatable bonds is 2. The minimum atomic E-state index is -1.43. The van der Waals surface area contributed by atoms with E-state index in [0.717, 1.165) is 0 Å². The first-order chi connectivity index (χ1) is 4.54. The first-order valence-corrected chi connectivity index (χ1v) is 1.90. The molecule has 2 N–H and O–H groups in total. The summed E-state index contributed by atoms with van der Waals surface area (Å²) in [6, 6.07) is 0. The second kappa shape index (κ2) is 7.28. The van der Waals surface area contributed by atoms with Crippen molar-refractivity contribution in [1.29, 1.82) is 0 Å². The highest BCUT2D eigenvalue weighted by Crippen LogP contribution is 1.39. The predicted molar refractivity (Wildman–Crippen MR) is 27.4 cm³/mol. The third-order valence-corrected chi connectivity index (χ3v) is 0.202. The van der Waals surface area contributed by atoms with Gasteiger partial charge in [0.1, 0.15) is 0 Å². The van der Waals surface area contributed by atoms with Crippen molar-refractivity contribution in [3.05, 3.63) is 0 Å². The van der Waals surface area contributed by atoms with Gasteiger partial charge in [-0.2, -0.15) is 0 Å². The molecule has 0 saturated carbocycles. The van der Waals surface area contributed by atoms with Crippen molar-refractivity contribution in [3.63, 3.8) is 0 Å². The smallest absolute Gasteiger partial charge is 0.368 e. The third-order valence-electron chi connectivity index (χ3n) is 0.202. The summed E-state index contributed by atoms with van der Waals surface area (Å²) in [5, 5.41) is 14.7. The summed E-state index contributed by atoms with van der Waals surface area (Å²) in [5.41, 5.74) is 0. The summed E-state index contributed by atoms with van der Waals surface area (Å²) < 4.78 is 0. The van der Waals surface area contributed by atoms with Crippen molar-refractivity contribution in [2.45, 2.75) is 0 Å². The molecule has 0 atom stereocenters. The fraction of sp³-hybridized carbons (Fsp3) is 0. The monoisotopic (exact) mass is 149 g/mol. The molecule has 0 spiro atoms. The molecule has 0 aromatic heterocycles. The average molecular weight is 149 g/mol. The highest BCUT2D eigenvalue weighted by Gasteiger charge is 1.81. The highest BCUT2D eigenvalue weighted by atomic mass is 16.5. The van der Waals surface area contributed by atoms with Crippen LogP contribution >= 0.6 is 0 Å². The van der Waals surface area contributed by atoms with Gasteiger partial charge in [0.05, 0.1) is 0 Å². The molecule has 0 bridgehead atoms. The molecule has 0 rings (SSSR count). The van der Waals surface area contributed by atoms with Gasteiger partial charge in [0.25, 0.3) is 0 Å². The maximum Gasteiger partial charge on any atom is 0.368 e. The molecular weight excluding hydrogens is 145 g/mol. The standard InChI is InChI=1S/2C2H2O3/c2*3-1-2(4)5/h2*1H,(H,4,5)/i2+1;. The molecule has 0 aromatic rings. The molecule has 0 amide bonds. The van der Waals surface area contributed by atoms with E-state index in [0.29, 0.717) is 0 Å². The van der Waals surface area contributed by atoms with Crippen LogP contribution < -0.4 is 0 Å². The van der Waals surface area contributed by atoms with E-state index in [1.807, 2.05) is 0 Å². The maximum absolute atomic E-state index is 9.00. The Hall–Kier alpha value is -1.72. The van der Waals surface area contributed by atoms with Gasteiger partial charge in [-0.1, -0.05) is 0 Å². The fourth-order valence-electron chi connectivity index (χ4n) is 0. The van der Waals surface area contributed by atoms with Gasteiger partial charge in [0.2, 0.25) is 12.6 Å². The van der Waals surface area contributed by atoms with E-state index >= 15 is 0 Å². The van der Waals surface area contributed by atoms with Gasteiger partial charge in [0, 0.05) is 0 Å². The first-order valence-electron chi connectivity index (χ1n) is 1.90. The Labute approximate surface area is 55.1 Å². The Morgan fingerprint density at radius 1 is 0.900 bits per heavy atom. The van der Waals surface area contributed by atoms with E-state index in [-0.39, 0.29) is 12.6 Å². The Morgan fingerprint density at radius 3 is 1.00 bits per heavy atom. The van der Waals surface area contributed by atoms with E-state index in [1.165, 1.54) is 0 Å². The third kappa shape index (κ3) is 33.7. The molecule has 0 aliphatic heterocycles. The van der Waals surface area contributed by atoms with Crippen LogP contribution in [0, 0.1) is 0 Å². The number of carboxylic acids is 2. The van der Waals surface area contributed by atoms with E-state index in [2.05, 4.69) is 0 Å². The summed E-state index contributed by atoms with van der Waals surface area (Å²) in [6.07, 6.45) is -0.333.